The Morgan fingerprint density at radius 3 is 2.83 bits per heavy atom. The first-order chi connectivity index (χ1) is 10.9. The van der Waals surface area contributed by atoms with Gasteiger partial charge in [0.2, 0.25) is 12.2 Å². The van der Waals surface area contributed by atoms with Crippen LogP contribution in [0.4, 0.5) is 4.79 Å². The number of ether oxygens (including phenoxy) is 3. The maximum absolute atomic E-state index is 12.4. The van der Waals surface area contributed by atoms with Gasteiger partial charge < -0.3 is 19.9 Å². The molecule has 0 aromatic heterocycles. The smallest absolute Gasteiger partial charge is 0.435 e. The maximum Gasteiger partial charge on any atom is 0.511 e. The Morgan fingerprint density at radius 2 is 2.22 bits per heavy atom. The Labute approximate surface area is 137 Å². The molecule has 0 saturated carbocycles. The summed E-state index contributed by atoms with van der Waals surface area (Å²) in [5.41, 5.74) is 6.39. The van der Waals surface area contributed by atoms with E-state index in [1.54, 1.807) is 6.92 Å². The molecule has 0 aliphatic carbocycles. The van der Waals surface area contributed by atoms with Crippen LogP contribution in [-0.4, -0.2) is 53.0 Å². The molecule has 0 radical (unpaired) electrons. The van der Waals surface area contributed by atoms with Gasteiger partial charge in [-0.2, -0.15) is 0 Å². The Kier molecular flexibility index (Phi) is 5.32. The summed E-state index contributed by atoms with van der Waals surface area (Å²) in [7, 11) is 0. The molecule has 126 valence electrons. The van der Waals surface area contributed by atoms with Gasteiger partial charge in [0.15, 0.2) is 0 Å². The van der Waals surface area contributed by atoms with Crippen LogP contribution >= 0.6 is 11.8 Å². The van der Waals surface area contributed by atoms with E-state index in [0.29, 0.717) is 11.3 Å². The highest BCUT2D eigenvalue weighted by atomic mass is 32.2. The third-order valence-electron chi connectivity index (χ3n) is 3.28. The molecule has 2 aliphatic heterocycles. The quantitative estimate of drug-likeness (QED) is 0.442. The first-order valence-electron chi connectivity index (χ1n) is 7.00. The van der Waals surface area contributed by atoms with E-state index in [-0.39, 0.29) is 23.6 Å². The van der Waals surface area contributed by atoms with Crippen molar-refractivity contribution >= 4 is 29.8 Å². The lowest BCUT2D eigenvalue weighted by molar-refractivity contribution is -0.168. The summed E-state index contributed by atoms with van der Waals surface area (Å²) in [6.07, 6.45) is -0.601. The third kappa shape index (κ3) is 3.35. The van der Waals surface area contributed by atoms with Crippen molar-refractivity contribution in [3.8, 4) is 0 Å². The van der Waals surface area contributed by atoms with Crippen LogP contribution in [0.1, 0.15) is 13.8 Å². The molecule has 9 heteroatoms. The van der Waals surface area contributed by atoms with Crippen molar-refractivity contribution in [2.24, 2.45) is 5.73 Å². The largest absolute Gasteiger partial charge is 0.511 e. The van der Waals surface area contributed by atoms with E-state index in [2.05, 4.69) is 11.3 Å². The summed E-state index contributed by atoms with van der Waals surface area (Å²) in [6.45, 7) is 6.79. The molecule has 2 unspecified atom stereocenters. The van der Waals surface area contributed by atoms with E-state index in [9.17, 15) is 14.4 Å². The second-order valence-electron chi connectivity index (χ2n) is 4.79. The lowest BCUT2D eigenvalue weighted by Crippen LogP contribution is -2.68. The summed E-state index contributed by atoms with van der Waals surface area (Å²) >= 11 is 1.45. The van der Waals surface area contributed by atoms with E-state index < -0.39 is 24.5 Å². The zero-order valence-electron chi connectivity index (χ0n) is 12.8. The molecular formula is C14H18N2O6S. The average molecular weight is 342 g/mol. The second-order valence-corrected chi connectivity index (χ2v) is 5.89. The average Bonchev–Trinajstić information content (AvgIpc) is 2.52. The van der Waals surface area contributed by atoms with Gasteiger partial charge in [-0.05, 0) is 12.5 Å². The molecule has 1 fully saturated rings. The number of nitrogens with two attached hydrogens (primary N) is 1. The molecule has 8 nitrogen and oxygen atoms in total. The van der Waals surface area contributed by atoms with Crippen LogP contribution in [0.5, 0.6) is 0 Å². The van der Waals surface area contributed by atoms with Crippen LogP contribution in [-0.2, 0) is 23.8 Å². The van der Waals surface area contributed by atoms with Crippen molar-refractivity contribution in [1.29, 1.82) is 0 Å². The predicted octanol–water partition coefficient (Wildman–Crippen LogP) is 0.731. The van der Waals surface area contributed by atoms with E-state index in [0.717, 1.165) is 0 Å². The van der Waals surface area contributed by atoms with Gasteiger partial charge in [-0.3, -0.25) is 9.69 Å². The minimum absolute atomic E-state index is 0.0924. The Balaban J connectivity index is 2.09. The molecule has 0 aromatic rings. The molecule has 1 saturated heterocycles. The zero-order valence-corrected chi connectivity index (χ0v) is 13.6. The van der Waals surface area contributed by atoms with Gasteiger partial charge in [0.05, 0.1) is 6.61 Å². The number of hydrogen-bond donors (Lipinski definition) is 1. The van der Waals surface area contributed by atoms with Crippen LogP contribution < -0.4 is 5.73 Å². The van der Waals surface area contributed by atoms with Gasteiger partial charge in [-0.1, -0.05) is 12.7 Å². The van der Waals surface area contributed by atoms with Crippen LogP contribution in [0.3, 0.4) is 0 Å². The van der Waals surface area contributed by atoms with Crippen molar-refractivity contribution in [2.45, 2.75) is 31.6 Å². The van der Waals surface area contributed by atoms with Crippen molar-refractivity contribution in [2.75, 3.05) is 12.4 Å². The molecular weight excluding hydrogens is 324 g/mol. The van der Waals surface area contributed by atoms with Gasteiger partial charge in [0.1, 0.15) is 17.1 Å². The van der Waals surface area contributed by atoms with Crippen LogP contribution in [0.15, 0.2) is 23.9 Å². The van der Waals surface area contributed by atoms with E-state index in [4.69, 9.17) is 15.2 Å². The minimum atomic E-state index is -1.15. The number of rotatable bonds is 5. The Morgan fingerprint density at radius 1 is 1.52 bits per heavy atom. The summed E-state index contributed by atoms with van der Waals surface area (Å²) < 4.78 is 14.4. The molecule has 0 spiro atoms. The van der Waals surface area contributed by atoms with Crippen LogP contribution in [0.25, 0.3) is 0 Å². The summed E-state index contributed by atoms with van der Waals surface area (Å²) in [4.78, 5) is 36.8. The molecule has 0 aromatic carbocycles. The highest BCUT2D eigenvalue weighted by Crippen LogP contribution is 2.40. The number of allylic oxidation sites excluding steroid dienone is 1. The first-order valence-corrected chi connectivity index (χ1v) is 8.05. The van der Waals surface area contributed by atoms with Gasteiger partial charge >= 0.3 is 12.1 Å². The van der Waals surface area contributed by atoms with Crippen molar-refractivity contribution in [3.05, 3.63) is 23.9 Å². The third-order valence-corrected chi connectivity index (χ3v) is 4.60. The number of carbonyl (C=O) groups excluding carboxylic acids is 3. The highest BCUT2D eigenvalue weighted by Gasteiger charge is 2.51. The number of carbonyl (C=O) groups is 3. The van der Waals surface area contributed by atoms with Crippen LogP contribution in [0, 0.1) is 0 Å². The fourth-order valence-electron chi connectivity index (χ4n) is 2.20. The summed E-state index contributed by atoms with van der Waals surface area (Å²) in [5.74, 6) is -0.641. The van der Waals surface area contributed by atoms with Crippen molar-refractivity contribution in [1.82, 2.24) is 4.90 Å². The lowest BCUT2D eigenvalue weighted by Gasteiger charge is -2.48. The monoisotopic (exact) mass is 342 g/mol. The molecule has 2 N–H and O–H groups in total. The minimum Gasteiger partial charge on any atom is -0.435 e. The standard InChI is InChI=1S/C14H18N2O6S/c1-4-8-6-23-12-9(15)11(17)16(12)10(8)13(18)21-7(3)22-14(19)20-5-2/h4,7,9,12H,1,5-6,15H2,2-3H3/t7?,9?,12-/m0/s1. The number of fused-ring (bicyclic) bond motifs is 1. The van der Waals surface area contributed by atoms with Gasteiger partial charge in [0, 0.05) is 12.7 Å². The van der Waals surface area contributed by atoms with Crippen molar-refractivity contribution < 1.29 is 28.6 Å². The van der Waals surface area contributed by atoms with E-state index in [1.165, 1.54) is 29.7 Å². The molecule has 23 heavy (non-hydrogen) atoms. The zero-order chi connectivity index (χ0) is 17.1. The predicted molar refractivity (Wildman–Crippen MR) is 82.0 cm³/mol. The second kappa shape index (κ2) is 7.05. The number of β-lactam (4-membered cyclic amide) rings is 1. The number of hydrogen-bond acceptors (Lipinski definition) is 8. The topological polar surface area (TPSA) is 108 Å². The Bertz CT molecular complexity index is 576. The van der Waals surface area contributed by atoms with Crippen molar-refractivity contribution in [3.63, 3.8) is 0 Å². The number of nitrogens with zero attached hydrogens (tertiary/aromatic N) is 1. The fraction of sp³-hybridized carbons (Fsp3) is 0.500. The summed E-state index contributed by atoms with van der Waals surface area (Å²) in [5, 5.41) is -0.296. The highest BCUT2D eigenvalue weighted by molar-refractivity contribution is 8.00. The molecule has 0 bridgehead atoms. The SMILES string of the molecule is C=CC1=C(C(=O)OC(C)OC(=O)OCC)N2C(=O)C(N)[C@@H]2SC1. The van der Waals surface area contributed by atoms with Crippen LogP contribution in [0.2, 0.25) is 0 Å². The molecule has 2 aliphatic rings. The molecule has 2 heterocycles. The van der Waals surface area contributed by atoms with Gasteiger partial charge in [-0.25, -0.2) is 9.59 Å². The van der Waals surface area contributed by atoms with Gasteiger partial charge in [-0.15, -0.1) is 11.8 Å². The number of thioether (sulfide) groups is 1. The fourth-order valence-corrected chi connectivity index (χ4v) is 3.49. The molecule has 2 rings (SSSR count). The maximum atomic E-state index is 12.4. The summed E-state index contributed by atoms with van der Waals surface area (Å²) in [6, 6.07) is -0.637. The lowest BCUT2D eigenvalue weighted by atomic mass is 10.0. The van der Waals surface area contributed by atoms with Gasteiger partial charge in [0.25, 0.3) is 0 Å². The Hall–Kier alpha value is -2.00. The first kappa shape index (κ1) is 17.4. The molecule has 3 atom stereocenters. The van der Waals surface area contributed by atoms with E-state index >= 15 is 0 Å². The normalized spacial score (nSPS) is 24.3. The van der Waals surface area contributed by atoms with E-state index in [1.807, 2.05) is 0 Å². The molecule has 1 amide bonds. The number of esters is 1. The number of amides is 1.